The molecule has 1 amide bonds. The van der Waals surface area contributed by atoms with Crippen LogP contribution in [-0.4, -0.2) is 34.4 Å². The molecule has 26 heavy (non-hydrogen) atoms. The Morgan fingerprint density at radius 3 is 2.31 bits per heavy atom. The number of piperidine rings is 1. The highest BCUT2D eigenvalue weighted by Crippen LogP contribution is 2.29. The third-order valence-corrected chi connectivity index (χ3v) is 5.64. The third-order valence-electron chi connectivity index (χ3n) is 4.38. The van der Waals surface area contributed by atoms with Gasteiger partial charge in [0.2, 0.25) is 0 Å². The number of hydrogen-bond donors (Lipinski definition) is 2. The van der Waals surface area contributed by atoms with Gasteiger partial charge in [0.15, 0.2) is 0 Å². The second-order valence-corrected chi connectivity index (χ2v) is 7.54. The quantitative estimate of drug-likeness (QED) is 0.762. The summed E-state index contributed by atoms with van der Waals surface area (Å²) in [4.78, 5) is 24.5. The fraction of sp³-hybridized carbons (Fsp3) is 0.300. The van der Waals surface area contributed by atoms with Gasteiger partial charge in [0.25, 0.3) is 5.91 Å². The van der Waals surface area contributed by atoms with Crippen LogP contribution in [0.25, 0.3) is 0 Å². The maximum absolute atomic E-state index is 12.5. The Morgan fingerprint density at radius 1 is 1.00 bits per heavy atom. The summed E-state index contributed by atoms with van der Waals surface area (Å²) in [5.41, 5.74) is 2.52. The Labute approximate surface area is 157 Å². The minimum Gasteiger partial charge on any atom is -0.478 e. The van der Waals surface area contributed by atoms with Crippen LogP contribution >= 0.6 is 11.9 Å². The molecule has 1 aliphatic heterocycles. The van der Waals surface area contributed by atoms with Crippen molar-refractivity contribution in [1.29, 1.82) is 0 Å². The van der Waals surface area contributed by atoms with E-state index in [4.69, 9.17) is 5.11 Å². The van der Waals surface area contributed by atoms with Crippen LogP contribution in [0.1, 0.15) is 45.5 Å². The summed E-state index contributed by atoms with van der Waals surface area (Å²) in [6.45, 7) is 4.21. The molecule has 0 unspecified atom stereocenters. The third kappa shape index (κ3) is 4.65. The van der Waals surface area contributed by atoms with Gasteiger partial charge >= 0.3 is 5.97 Å². The fourth-order valence-electron chi connectivity index (χ4n) is 2.83. The maximum atomic E-state index is 12.5. The van der Waals surface area contributed by atoms with Gasteiger partial charge in [0.05, 0.1) is 5.56 Å². The van der Waals surface area contributed by atoms with Gasteiger partial charge < -0.3 is 10.4 Å². The number of nitrogens with one attached hydrogen (secondary N) is 1. The second-order valence-electron chi connectivity index (χ2n) is 6.40. The molecule has 136 valence electrons. The highest BCUT2D eigenvalue weighted by atomic mass is 32.2. The number of carbonyl (C=O) groups is 2. The smallest absolute Gasteiger partial charge is 0.335 e. The molecular weight excluding hydrogens is 348 g/mol. The Hall–Kier alpha value is -2.31. The summed E-state index contributed by atoms with van der Waals surface area (Å²) in [6.07, 6.45) is 3.73. The number of carbonyl (C=O) groups excluding carboxylic acids is 1. The summed E-state index contributed by atoms with van der Waals surface area (Å²) in [7, 11) is 0. The van der Waals surface area contributed by atoms with Crippen LogP contribution < -0.4 is 5.32 Å². The van der Waals surface area contributed by atoms with E-state index in [1.165, 1.54) is 31.4 Å². The van der Waals surface area contributed by atoms with Crippen molar-refractivity contribution in [3.8, 4) is 0 Å². The summed E-state index contributed by atoms with van der Waals surface area (Å²) < 4.78 is 2.36. The topological polar surface area (TPSA) is 69.6 Å². The predicted octanol–water partition coefficient (Wildman–Crippen LogP) is 4.44. The van der Waals surface area contributed by atoms with Crippen LogP contribution in [0.5, 0.6) is 0 Å². The van der Waals surface area contributed by atoms with Crippen LogP contribution in [0.4, 0.5) is 5.69 Å². The molecule has 1 aliphatic rings. The first kappa shape index (κ1) is 18.5. The number of hydrogen-bond acceptors (Lipinski definition) is 4. The van der Waals surface area contributed by atoms with Crippen LogP contribution in [0, 0.1) is 6.92 Å². The lowest BCUT2D eigenvalue weighted by atomic mass is 10.1. The SMILES string of the molecule is Cc1ccc(C(=O)Nc2ccc(C(=O)O)cc2)cc1SN1CCCCC1. The second kappa shape index (κ2) is 8.38. The molecule has 1 saturated heterocycles. The van der Waals surface area contributed by atoms with Gasteiger partial charge in [0.1, 0.15) is 0 Å². The van der Waals surface area contributed by atoms with Crippen LogP contribution in [-0.2, 0) is 0 Å². The van der Waals surface area contributed by atoms with E-state index in [2.05, 4.69) is 16.5 Å². The number of amides is 1. The predicted molar refractivity (Wildman–Crippen MR) is 104 cm³/mol. The van der Waals surface area contributed by atoms with Gasteiger partial charge in [-0.1, -0.05) is 12.5 Å². The summed E-state index contributed by atoms with van der Waals surface area (Å²) in [5, 5.41) is 11.8. The van der Waals surface area contributed by atoms with Crippen LogP contribution in [0.15, 0.2) is 47.4 Å². The van der Waals surface area contributed by atoms with E-state index in [0.29, 0.717) is 11.3 Å². The number of aryl methyl sites for hydroxylation is 1. The number of nitrogens with zero attached hydrogens (tertiary/aromatic N) is 1. The molecular formula is C20H22N2O3S. The van der Waals surface area contributed by atoms with Crippen molar-refractivity contribution in [3.63, 3.8) is 0 Å². The Balaban J connectivity index is 1.70. The van der Waals surface area contributed by atoms with E-state index < -0.39 is 5.97 Å². The Kier molecular flexibility index (Phi) is 5.96. The summed E-state index contributed by atoms with van der Waals surface area (Å²) in [6, 6.07) is 11.9. The lowest BCUT2D eigenvalue weighted by Gasteiger charge is -2.25. The van der Waals surface area contributed by atoms with E-state index in [-0.39, 0.29) is 11.5 Å². The maximum Gasteiger partial charge on any atom is 0.335 e. The zero-order valence-electron chi connectivity index (χ0n) is 14.7. The molecule has 5 nitrogen and oxygen atoms in total. The lowest BCUT2D eigenvalue weighted by molar-refractivity contribution is 0.0696. The minimum atomic E-state index is -0.985. The van der Waals surface area contributed by atoms with Crippen molar-refractivity contribution in [2.24, 2.45) is 0 Å². The lowest BCUT2D eigenvalue weighted by Crippen LogP contribution is -2.23. The molecule has 0 bridgehead atoms. The number of carboxylic acids is 1. The van der Waals surface area contributed by atoms with Gasteiger partial charge in [-0.25, -0.2) is 9.10 Å². The standard InChI is InChI=1S/C20H22N2O3S/c1-14-5-6-16(13-18(14)26-22-11-3-2-4-12-22)19(23)21-17-9-7-15(8-10-17)20(24)25/h5-10,13H,2-4,11-12H2,1H3,(H,21,23)(H,24,25). The van der Waals surface area contributed by atoms with Gasteiger partial charge in [-0.2, -0.15) is 0 Å². The molecule has 0 saturated carbocycles. The van der Waals surface area contributed by atoms with E-state index >= 15 is 0 Å². The molecule has 2 N–H and O–H groups in total. The number of rotatable bonds is 5. The number of aromatic carboxylic acids is 1. The number of anilines is 1. The Bertz CT molecular complexity index is 799. The van der Waals surface area contributed by atoms with Crippen LogP contribution in [0.3, 0.4) is 0 Å². The van der Waals surface area contributed by atoms with E-state index in [9.17, 15) is 9.59 Å². The van der Waals surface area contributed by atoms with Gasteiger partial charge in [-0.15, -0.1) is 0 Å². The molecule has 6 heteroatoms. The molecule has 0 aromatic heterocycles. The highest BCUT2D eigenvalue weighted by Gasteiger charge is 2.15. The fourth-order valence-corrected chi connectivity index (χ4v) is 3.94. The van der Waals surface area contributed by atoms with Gasteiger partial charge in [-0.05, 0) is 73.7 Å². The normalized spacial score (nSPS) is 14.8. The largest absolute Gasteiger partial charge is 0.478 e. The average Bonchev–Trinajstić information content (AvgIpc) is 2.65. The van der Waals surface area contributed by atoms with Crippen molar-refractivity contribution >= 4 is 29.5 Å². The molecule has 0 aliphatic carbocycles. The van der Waals surface area contributed by atoms with Crippen molar-refractivity contribution in [1.82, 2.24) is 4.31 Å². The van der Waals surface area contributed by atoms with Crippen molar-refractivity contribution in [3.05, 3.63) is 59.2 Å². The zero-order valence-corrected chi connectivity index (χ0v) is 15.5. The number of carboxylic acid groups (broad SMARTS) is 1. The summed E-state index contributed by atoms with van der Waals surface area (Å²) >= 11 is 1.72. The van der Waals surface area contributed by atoms with E-state index in [1.807, 2.05) is 18.2 Å². The summed E-state index contributed by atoms with van der Waals surface area (Å²) in [5.74, 6) is -1.19. The van der Waals surface area contributed by atoms with Crippen molar-refractivity contribution in [2.75, 3.05) is 18.4 Å². The first-order valence-electron chi connectivity index (χ1n) is 8.71. The minimum absolute atomic E-state index is 0.193. The molecule has 1 heterocycles. The Morgan fingerprint density at radius 2 is 1.65 bits per heavy atom. The average molecular weight is 370 g/mol. The van der Waals surface area contributed by atoms with Crippen molar-refractivity contribution in [2.45, 2.75) is 31.1 Å². The monoisotopic (exact) mass is 370 g/mol. The zero-order chi connectivity index (χ0) is 18.5. The molecule has 0 radical (unpaired) electrons. The molecule has 0 spiro atoms. The van der Waals surface area contributed by atoms with Gasteiger partial charge in [-0.3, -0.25) is 4.79 Å². The van der Waals surface area contributed by atoms with E-state index in [0.717, 1.165) is 23.5 Å². The molecule has 2 aromatic rings. The first-order chi connectivity index (χ1) is 12.5. The molecule has 0 atom stereocenters. The molecule has 1 fully saturated rings. The first-order valence-corrected chi connectivity index (χ1v) is 9.48. The van der Waals surface area contributed by atoms with Gasteiger partial charge in [0, 0.05) is 29.2 Å². The number of benzene rings is 2. The highest BCUT2D eigenvalue weighted by molar-refractivity contribution is 7.97. The molecule has 2 aromatic carbocycles. The van der Waals surface area contributed by atoms with Crippen LogP contribution in [0.2, 0.25) is 0 Å². The molecule has 3 rings (SSSR count). The van der Waals surface area contributed by atoms with E-state index in [1.54, 1.807) is 24.1 Å². The van der Waals surface area contributed by atoms with Crippen molar-refractivity contribution < 1.29 is 14.7 Å².